The second-order valence-electron chi connectivity index (χ2n) is 21.1. The first-order chi connectivity index (χ1) is 35.3. The van der Waals surface area contributed by atoms with E-state index in [1.807, 2.05) is 30.3 Å². The predicted molar refractivity (Wildman–Crippen MR) is 286 cm³/mol. The highest BCUT2D eigenvalue weighted by molar-refractivity contribution is 7.88. The fraction of sp³-hybridized carbons (Fsp3) is 0.426. The van der Waals surface area contributed by atoms with Gasteiger partial charge in [-0.05, 0) is 96.7 Å². The van der Waals surface area contributed by atoms with Crippen molar-refractivity contribution in [3.63, 3.8) is 0 Å². The number of nitrogens with one attached hydrogen (secondary N) is 4. The number of carbonyl (C=O) groups excluding carboxylic acids is 5. The first-order valence-corrected chi connectivity index (χ1v) is 27.6. The van der Waals surface area contributed by atoms with Crippen LogP contribution in [0.2, 0.25) is 5.02 Å². The van der Waals surface area contributed by atoms with Gasteiger partial charge in [0.25, 0.3) is 5.91 Å². The quantitative estimate of drug-likeness (QED) is 0.0733. The van der Waals surface area contributed by atoms with Gasteiger partial charge in [0, 0.05) is 90.6 Å². The number of likely N-dealkylation sites (tertiary alicyclic amines) is 1. The molecular formula is C54H63ClFN7O10S2. The van der Waals surface area contributed by atoms with Crippen LogP contribution < -0.4 is 26.0 Å². The van der Waals surface area contributed by atoms with Crippen LogP contribution in [0.25, 0.3) is 10.4 Å². The minimum Gasteiger partial charge on any atom is -0.479 e. The van der Waals surface area contributed by atoms with E-state index in [-0.39, 0.29) is 82.3 Å². The van der Waals surface area contributed by atoms with Crippen molar-refractivity contribution in [1.29, 1.82) is 0 Å². The van der Waals surface area contributed by atoms with Gasteiger partial charge in [-0.1, -0.05) is 55.1 Å². The van der Waals surface area contributed by atoms with Crippen LogP contribution in [0.3, 0.4) is 0 Å². The monoisotopic (exact) mass is 1090 g/mol. The van der Waals surface area contributed by atoms with Crippen LogP contribution in [0.4, 0.5) is 21.5 Å². The van der Waals surface area contributed by atoms with Crippen LogP contribution in [-0.4, -0.2) is 115 Å². The summed E-state index contributed by atoms with van der Waals surface area (Å²) in [7, 11) is -3.92. The summed E-state index contributed by atoms with van der Waals surface area (Å²) in [6.07, 6.45) is 1.74. The lowest BCUT2D eigenvalue weighted by atomic mass is 9.96. The Hall–Kier alpha value is -6.48. The van der Waals surface area contributed by atoms with Crippen LogP contribution >= 0.6 is 22.9 Å². The van der Waals surface area contributed by atoms with Crippen molar-refractivity contribution in [2.24, 2.45) is 5.92 Å². The average Bonchev–Trinajstić information content (AvgIpc) is 3.83. The molecule has 0 saturated carbocycles. The summed E-state index contributed by atoms with van der Waals surface area (Å²) in [5.41, 5.74) is 2.91. The van der Waals surface area contributed by atoms with Crippen LogP contribution in [0.5, 0.6) is 5.75 Å². The number of halogens is 2. The number of amides is 3. The molecule has 4 aromatic rings. The Labute approximate surface area is 445 Å². The van der Waals surface area contributed by atoms with Crippen LogP contribution in [-0.2, 0) is 46.2 Å². The first kappa shape index (κ1) is 54.8. The lowest BCUT2D eigenvalue weighted by molar-refractivity contribution is -0.157. The molecule has 1 unspecified atom stereocenters. The number of piperidine rings is 2. The second-order valence-corrected chi connectivity index (χ2v) is 24.5. The SMILES string of the molecule is C=C(Nc1cccc(CS(=O)(=O)N2CCC(Nc3cccc(-c4sc(C(=O)OC(C)(C)C)c(OCC(=O)OC(C)(C)C)c4Cl)c3)CC2)c1F)C1CN(C(=O)CNc2cccc3c2CN(C2CCC(=O)NC2=C)C3=O)C1. The summed E-state index contributed by atoms with van der Waals surface area (Å²) in [5.74, 6) is -3.13. The largest absolute Gasteiger partial charge is 0.479 e. The summed E-state index contributed by atoms with van der Waals surface area (Å²) in [6.45, 7) is 19.4. The number of hydrogen-bond donors (Lipinski definition) is 4. The number of carbonyl (C=O) groups is 5. The van der Waals surface area contributed by atoms with Crippen molar-refractivity contribution in [2.75, 3.05) is 55.3 Å². The molecule has 21 heteroatoms. The molecule has 0 bridgehead atoms. The Balaban J connectivity index is 0.816. The number of sulfonamides is 1. The number of hydrogen-bond acceptors (Lipinski definition) is 14. The van der Waals surface area contributed by atoms with E-state index < -0.39 is 51.3 Å². The van der Waals surface area contributed by atoms with Crippen molar-refractivity contribution in [1.82, 2.24) is 19.4 Å². The highest BCUT2D eigenvalue weighted by atomic mass is 35.5. The molecule has 75 heavy (non-hydrogen) atoms. The number of fused-ring (bicyclic) bond motifs is 1. The Morgan fingerprint density at radius 1 is 0.933 bits per heavy atom. The molecule has 3 fully saturated rings. The summed E-state index contributed by atoms with van der Waals surface area (Å²) in [5, 5.41) is 12.6. The molecule has 3 amide bonds. The predicted octanol–water partition coefficient (Wildman–Crippen LogP) is 8.53. The van der Waals surface area contributed by atoms with Crippen LogP contribution in [0, 0.1) is 11.7 Å². The number of esters is 2. The lowest BCUT2D eigenvalue weighted by Gasteiger charge is -2.40. The smallest absolute Gasteiger partial charge is 0.352 e. The molecule has 8 rings (SSSR count). The van der Waals surface area contributed by atoms with Gasteiger partial charge in [0.15, 0.2) is 23.1 Å². The molecule has 5 heterocycles. The van der Waals surface area contributed by atoms with Gasteiger partial charge in [-0.15, -0.1) is 11.3 Å². The van der Waals surface area contributed by atoms with E-state index in [9.17, 15) is 32.4 Å². The van der Waals surface area contributed by atoms with Gasteiger partial charge in [0.2, 0.25) is 21.8 Å². The summed E-state index contributed by atoms with van der Waals surface area (Å²) < 4.78 is 61.8. The van der Waals surface area contributed by atoms with Crippen molar-refractivity contribution < 1.29 is 51.0 Å². The molecule has 4 aliphatic heterocycles. The third-order valence-corrected chi connectivity index (χ3v) is 16.6. The molecule has 1 atom stereocenters. The molecular weight excluding hydrogens is 1030 g/mol. The maximum absolute atomic E-state index is 16.0. The molecule has 4 N–H and O–H groups in total. The molecule has 400 valence electrons. The molecule has 17 nitrogen and oxygen atoms in total. The highest BCUT2D eigenvalue weighted by Crippen LogP contribution is 2.47. The minimum atomic E-state index is -3.92. The summed E-state index contributed by atoms with van der Waals surface area (Å²) in [4.78, 5) is 68.3. The topological polar surface area (TPSA) is 205 Å². The van der Waals surface area contributed by atoms with Crippen molar-refractivity contribution in [3.05, 3.63) is 118 Å². The Morgan fingerprint density at radius 3 is 2.31 bits per heavy atom. The number of benzene rings is 3. The zero-order chi connectivity index (χ0) is 54.1. The molecule has 0 spiro atoms. The fourth-order valence-corrected chi connectivity index (χ4v) is 12.4. The van der Waals surface area contributed by atoms with Gasteiger partial charge in [-0.2, -0.15) is 0 Å². The van der Waals surface area contributed by atoms with Crippen molar-refractivity contribution in [3.8, 4) is 16.2 Å². The third-order valence-electron chi connectivity index (χ3n) is 13.1. The number of rotatable bonds is 17. The zero-order valence-corrected chi connectivity index (χ0v) is 45.3. The second kappa shape index (κ2) is 22.0. The minimum absolute atomic E-state index is 0.00877. The Kier molecular flexibility index (Phi) is 16.1. The first-order valence-electron chi connectivity index (χ1n) is 24.8. The summed E-state index contributed by atoms with van der Waals surface area (Å²) in [6, 6.07) is 16.9. The van der Waals surface area contributed by atoms with Crippen LogP contribution in [0.1, 0.15) is 98.4 Å². The van der Waals surface area contributed by atoms with E-state index in [0.29, 0.717) is 78.4 Å². The Bertz CT molecular complexity index is 3050. The average molecular weight is 1090 g/mol. The van der Waals surface area contributed by atoms with Crippen LogP contribution in [0.15, 0.2) is 85.2 Å². The fourth-order valence-electron chi connectivity index (χ4n) is 9.35. The highest BCUT2D eigenvalue weighted by Gasteiger charge is 2.39. The molecule has 4 aliphatic rings. The lowest BCUT2D eigenvalue weighted by Crippen LogP contribution is -2.53. The van der Waals surface area contributed by atoms with E-state index in [2.05, 4.69) is 34.4 Å². The van der Waals surface area contributed by atoms with E-state index in [1.165, 1.54) is 16.4 Å². The number of ether oxygens (including phenoxy) is 3. The van der Waals surface area contributed by atoms with E-state index in [0.717, 1.165) is 22.6 Å². The zero-order valence-electron chi connectivity index (χ0n) is 42.9. The van der Waals surface area contributed by atoms with Gasteiger partial charge >= 0.3 is 11.9 Å². The van der Waals surface area contributed by atoms with Crippen molar-refractivity contribution >= 4 is 79.7 Å². The summed E-state index contributed by atoms with van der Waals surface area (Å²) >= 11 is 7.95. The number of thiophene rings is 1. The Morgan fingerprint density at radius 2 is 1.61 bits per heavy atom. The molecule has 0 aliphatic carbocycles. The van der Waals surface area contributed by atoms with Gasteiger partial charge in [0.1, 0.15) is 16.2 Å². The molecule has 3 aromatic carbocycles. The maximum Gasteiger partial charge on any atom is 0.352 e. The standard InChI is InChI=1S/C54H63ClFN7O10S2/c1-31(35-26-61(27-35)44(65)25-57-40-16-11-15-38-39(40)28-63(51(38)67)42-18-19-43(64)59-32(42)2)58-41-17-10-13-34(47(41)56)30-75(69,70)62-22-20-36(21-23-62)60-37-14-9-12-33(24-37)49-46(55)48(71-29-45(66)72-53(3,4)5)50(74-49)52(68)73-54(6,7)8/h9-17,24,35-36,42,57-58,60H,1-2,18-23,25-30H2,3-8H3,(H,59,64). The van der Waals surface area contributed by atoms with Gasteiger partial charge < -0.3 is 45.3 Å². The van der Waals surface area contributed by atoms with Gasteiger partial charge in [-0.3, -0.25) is 14.4 Å². The normalized spacial score (nSPS) is 17.7. The van der Waals surface area contributed by atoms with E-state index in [4.69, 9.17) is 25.8 Å². The van der Waals surface area contributed by atoms with E-state index in [1.54, 1.807) is 69.5 Å². The number of anilines is 3. The molecule has 3 saturated heterocycles. The van der Waals surface area contributed by atoms with Gasteiger partial charge in [0.05, 0.1) is 28.9 Å². The van der Waals surface area contributed by atoms with Crippen molar-refractivity contribution in [2.45, 2.75) is 103 Å². The number of nitrogens with zero attached hydrogens (tertiary/aromatic N) is 3. The third kappa shape index (κ3) is 13.0. The van der Waals surface area contributed by atoms with E-state index >= 15 is 4.39 Å². The molecule has 0 radical (unpaired) electrons. The molecule has 1 aromatic heterocycles. The maximum atomic E-state index is 16.0. The van der Waals surface area contributed by atoms with Gasteiger partial charge in [-0.25, -0.2) is 26.7 Å².